The smallest absolute Gasteiger partial charge is 0.329 e. The van der Waals surface area contributed by atoms with Gasteiger partial charge in [0.05, 0.1) is 0 Å². The number of amides is 1. The van der Waals surface area contributed by atoms with E-state index in [4.69, 9.17) is 4.74 Å². The van der Waals surface area contributed by atoms with E-state index in [9.17, 15) is 14.7 Å². The molecule has 0 aromatic heterocycles. The Morgan fingerprint density at radius 3 is 2.55 bits per heavy atom. The second-order valence-electron chi connectivity index (χ2n) is 6.01. The number of carboxylic acids is 1. The molecule has 120 valence electrons. The highest BCUT2D eigenvalue weighted by molar-refractivity contribution is 5.89. The zero-order valence-electron chi connectivity index (χ0n) is 13.1. The summed E-state index contributed by atoms with van der Waals surface area (Å²) in [6, 6.07) is 7.43. The molecule has 5 heteroatoms. The second-order valence-corrected chi connectivity index (χ2v) is 6.01. The van der Waals surface area contributed by atoms with E-state index in [-0.39, 0.29) is 5.91 Å². The van der Waals surface area contributed by atoms with Crippen LogP contribution in [0.2, 0.25) is 0 Å². The van der Waals surface area contributed by atoms with Crippen LogP contribution in [0.3, 0.4) is 0 Å². The van der Waals surface area contributed by atoms with Crippen LogP contribution in [0, 0.1) is 6.92 Å². The van der Waals surface area contributed by atoms with Gasteiger partial charge in [-0.2, -0.15) is 0 Å². The summed E-state index contributed by atoms with van der Waals surface area (Å²) in [6.45, 7) is 3.58. The van der Waals surface area contributed by atoms with E-state index in [0.717, 1.165) is 24.8 Å². The minimum Gasteiger partial charge on any atom is -0.481 e. The first-order valence-corrected chi connectivity index (χ1v) is 7.72. The maximum atomic E-state index is 12.3. The minimum atomic E-state index is -1.14. The van der Waals surface area contributed by atoms with Crippen LogP contribution in [0.5, 0.6) is 5.75 Å². The highest BCUT2D eigenvalue weighted by Crippen LogP contribution is 2.28. The number of hydrogen-bond acceptors (Lipinski definition) is 3. The molecule has 0 heterocycles. The van der Waals surface area contributed by atoms with Crippen LogP contribution in [0.15, 0.2) is 24.3 Å². The number of hydrogen-bond donors (Lipinski definition) is 2. The fourth-order valence-corrected chi connectivity index (χ4v) is 2.83. The molecule has 0 radical (unpaired) electrons. The predicted octanol–water partition coefficient (Wildman–Crippen LogP) is 2.67. The highest BCUT2D eigenvalue weighted by Gasteiger charge is 2.41. The molecule has 1 fully saturated rings. The molecule has 1 aliphatic carbocycles. The van der Waals surface area contributed by atoms with E-state index in [2.05, 4.69) is 5.32 Å². The van der Waals surface area contributed by atoms with Gasteiger partial charge in [-0.1, -0.05) is 31.4 Å². The summed E-state index contributed by atoms with van der Waals surface area (Å²) in [5.41, 5.74) is -0.0982. The molecule has 1 saturated carbocycles. The van der Waals surface area contributed by atoms with Gasteiger partial charge in [0.2, 0.25) is 0 Å². The average Bonchev–Trinajstić information content (AvgIpc) is 2.48. The summed E-state index contributed by atoms with van der Waals surface area (Å²) in [4.78, 5) is 23.9. The number of aliphatic carboxylic acids is 1. The van der Waals surface area contributed by atoms with E-state index < -0.39 is 17.6 Å². The Morgan fingerprint density at radius 2 is 1.95 bits per heavy atom. The molecular formula is C17H23NO4. The summed E-state index contributed by atoms with van der Waals surface area (Å²) in [5, 5.41) is 12.2. The molecule has 1 aromatic carbocycles. The fraction of sp³-hybridized carbons (Fsp3) is 0.529. The van der Waals surface area contributed by atoms with Gasteiger partial charge in [-0.05, 0) is 44.4 Å². The van der Waals surface area contributed by atoms with Crippen molar-refractivity contribution in [1.29, 1.82) is 0 Å². The van der Waals surface area contributed by atoms with Crippen molar-refractivity contribution in [2.75, 3.05) is 0 Å². The van der Waals surface area contributed by atoms with Gasteiger partial charge in [-0.3, -0.25) is 4.79 Å². The third-order valence-corrected chi connectivity index (χ3v) is 4.15. The molecule has 1 aromatic rings. The molecule has 22 heavy (non-hydrogen) atoms. The Hall–Kier alpha value is -2.04. The lowest BCUT2D eigenvalue weighted by molar-refractivity contribution is -0.150. The molecular weight excluding hydrogens is 282 g/mol. The summed E-state index contributed by atoms with van der Waals surface area (Å²) < 4.78 is 5.62. The lowest BCUT2D eigenvalue weighted by Gasteiger charge is -2.34. The first-order chi connectivity index (χ1) is 10.4. The second kappa shape index (κ2) is 6.81. The standard InChI is InChI=1S/C17H23NO4/c1-12-7-6-8-14(11-12)22-13(2)15(19)18-17(16(20)21)9-4-3-5-10-17/h6-8,11,13H,3-5,9-10H2,1-2H3,(H,18,19)(H,20,21). The summed E-state index contributed by atoms with van der Waals surface area (Å²) >= 11 is 0. The molecule has 2 rings (SSSR count). The van der Waals surface area contributed by atoms with Crippen LogP contribution in [0.25, 0.3) is 0 Å². The van der Waals surface area contributed by atoms with Crippen molar-refractivity contribution >= 4 is 11.9 Å². The van der Waals surface area contributed by atoms with Crippen LogP contribution in [0.4, 0.5) is 0 Å². The maximum Gasteiger partial charge on any atom is 0.329 e. The quantitative estimate of drug-likeness (QED) is 0.877. The Bertz CT molecular complexity index is 549. The Labute approximate surface area is 130 Å². The molecule has 2 N–H and O–H groups in total. The molecule has 0 spiro atoms. The molecule has 0 aliphatic heterocycles. The number of aryl methyl sites for hydroxylation is 1. The van der Waals surface area contributed by atoms with Gasteiger partial charge in [0, 0.05) is 0 Å². The minimum absolute atomic E-state index is 0.384. The van der Waals surface area contributed by atoms with Gasteiger partial charge in [0.25, 0.3) is 5.91 Å². The number of carbonyl (C=O) groups is 2. The summed E-state index contributed by atoms with van der Waals surface area (Å²) in [6.07, 6.45) is 2.87. The molecule has 0 saturated heterocycles. The van der Waals surface area contributed by atoms with E-state index >= 15 is 0 Å². The summed E-state index contributed by atoms with van der Waals surface area (Å²) in [5.74, 6) is -0.732. The molecule has 1 atom stereocenters. The average molecular weight is 305 g/mol. The first-order valence-electron chi connectivity index (χ1n) is 7.72. The number of nitrogens with one attached hydrogen (secondary N) is 1. The first kappa shape index (κ1) is 16.3. The van der Waals surface area contributed by atoms with Crippen LogP contribution in [0.1, 0.15) is 44.6 Å². The van der Waals surface area contributed by atoms with Crippen molar-refractivity contribution in [1.82, 2.24) is 5.32 Å². The molecule has 1 aliphatic rings. The molecule has 5 nitrogen and oxygen atoms in total. The van der Waals surface area contributed by atoms with Crippen LogP contribution in [-0.2, 0) is 9.59 Å². The van der Waals surface area contributed by atoms with Crippen LogP contribution >= 0.6 is 0 Å². The lowest BCUT2D eigenvalue weighted by atomic mass is 9.81. The SMILES string of the molecule is Cc1cccc(OC(C)C(=O)NC2(C(=O)O)CCCCC2)c1. The number of benzene rings is 1. The zero-order valence-corrected chi connectivity index (χ0v) is 13.1. The Morgan fingerprint density at radius 1 is 1.27 bits per heavy atom. The molecule has 0 bridgehead atoms. The third kappa shape index (κ3) is 3.78. The van der Waals surface area contributed by atoms with Crippen molar-refractivity contribution in [2.24, 2.45) is 0 Å². The van der Waals surface area contributed by atoms with E-state index in [1.54, 1.807) is 13.0 Å². The highest BCUT2D eigenvalue weighted by atomic mass is 16.5. The van der Waals surface area contributed by atoms with Crippen molar-refractivity contribution < 1.29 is 19.4 Å². The molecule has 1 unspecified atom stereocenters. The number of ether oxygens (including phenoxy) is 1. The zero-order chi connectivity index (χ0) is 16.2. The van der Waals surface area contributed by atoms with Gasteiger partial charge in [0.1, 0.15) is 11.3 Å². The van der Waals surface area contributed by atoms with Gasteiger partial charge < -0.3 is 15.2 Å². The topological polar surface area (TPSA) is 75.6 Å². The van der Waals surface area contributed by atoms with E-state index in [1.807, 2.05) is 25.1 Å². The predicted molar refractivity (Wildman–Crippen MR) is 82.9 cm³/mol. The van der Waals surface area contributed by atoms with Gasteiger partial charge in [-0.25, -0.2) is 4.79 Å². The van der Waals surface area contributed by atoms with Crippen LogP contribution in [-0.4, -0.2) is 28.6 Å². The molecule has 1 amide bonds. The lowest BCUT2D eigenvalue weighted by Crippen LogP contribution is -2.58. The number of carboxylic acid groups (broad SMARTS) is 1. The number of carbonyl (C=O) groups excluding carboxylic acids is 1. The van der Waals surface area contributed by atoms with Crippen LogP contribution < -0.4 is 10.1 Å². The monoisotopic (exact) mass is 305 g/mol. The van der Waals surface area contributed by atoms with E-state index in [0.29, 0.717) is 18.6 Å². The van der Waals surface area contributed by atoms with Gasteiger partial charge in [0.15, 0.2) is 6.10 Å². The van der Waals surface area contributed by atoms with Crippen molar-refractivity contribution in [3.8, 4) is 5.75 Å². The van der Waals surface area contributed by atoms with E-state index in [1.165, 1.54) is 0 Å². The summed E-state index contributed by atoms with van der Waals surface area (Å²) in [7, 11) is 0. The van der Waals surface area contributed by atoms with Crippen molar-refractivity contribution in [3.05, 3.63) is 29.8 Å². The Kier molecular flexibility index (Phi) is 5.06. The van der Waals surface area contributed by atoms with Crippen molar-refractivity contribution in [2.45, 2.75) is 57.6 Å². The largest absolute Gasteiger partial charge is 0.481 e. The van der Waals surface area contributed by atoms with Crippen molar-refractivity contribution in [3.63, 3.8) is 0 Å². The van der Waals surface area contributed by atoms with Gasteiger partial charge >= 0.3 is 5.97 Å². The normalized spacial score (nSPS) is 18.3. The maximum absolute atomic E-state index is 12.3. The van der Waals surface area contributed by atoms with Gasteiger partial charge in [-0.15, -0.1) is 0 Å². The number of rotatable bonds is 5. The third-order valence-electron chi connectivity index (χ3n) is 4.15. The Balaban J connectivity index is 2.02. The fourth-order valence-electron chi connectivity index (χ4n) is 2.83.